The molecule has 1 N–H and O–H groups in total. The zero-order valence-electron chi connectivity index (χ0n) is 12.8. The summed E-state index contributed by atoms with van der Waals surface area (Å²) < 4.78 is 0. The number of nitrogens with zero attached hydrogens (tertiary/aromatic N) is 1. The fraction of sp³-hybridized carbons (Fsp3) is 0.222. The molecule has 4 heteroatoms. The molecule has 0 aliphatic rings. The second kappa shape index (κ2) is 7.60. The number of carboxylic acids is 1. The molecular formula is C18H20BNO2. The van der Waals surface area contributed by atoms with E-state index >= 15 is 0 Å². The molecule has 2 aromatic carbocycles. The average molecular weight is 293 g/mol. The average Bonchev–Trinajstić information content (AvgIpc) is 2.54. The zero-order chi connectivity index (χ0) is 15.9. The van der Waals surface area contributed by atoms with Gasteiger partial charge in [0.25, 0.3) is 0 Å². The standard InChI is InChI=1S/C18H20BNO2/c1-20(18(19)15-7-3-2-4-8-15)16-12-10-14(11-13-16)6-5-9-17(21)22/h2-4,7-8,10-13,19H,5-6,9H2,1H3,(H,21,22). The number of hydrogen-bond acceptors (Lipinski definition) is 2. The van der Waals surface area contributed by atoms with Crippen molar-refractivity contribution < 1.29 is 9.90 Å². The van der Waals surface area contributed by atoms with E-state index in [2.05, 4.69) is 12.4 Å². The quantitative estimate of drug-likeness (QED) is 0.798. The van der Waals surface area contributed by atoms with E-state index in [0.717, 1.165) is 28.8 Å². The Kier molecular flexibility index (Phi) is 5.53. The summed E-state index contributed by atoms with van der Waals surface area (Å²) in [7, 11) is 6.15. The van der Waals surface area contributed by atoms with Crippen LogP contribution in [0.1, 0.15) is 24.0 Å². The van der Waals surface area contributed by atoms with Gasteiger partial charge in [-0.3, -0.25) is 0 Å². The Hall–Kier alpha value is -2.36. The van der Waals surface area contributed by atoms with E-state index in [1.165, 1.54) is 0 Å². The third-order valence-corrected chi connectivity index (χ3v) is 3.69. The van der Waals surface area contributed by atoms with Crippen LogP contribution in [0, 0.1) is 0 Å². The molecular weight excluding hydrogens is 273 g/mol. The van der Waals surface area contributed by atoms with Crippen molar-refractivity contribution >= 4 is 24.7 Å². The molecule has 0 saturated heterocycles. The van der Waals surface area contributed by atoms with E-state index in [0.29, 0.717) is 6.42 Å². The first kappa shape index (κ1) is 16.0. The van der Waals surface area contributed by atoms with Crippen molar-refractivity contribution in [2.24, 2.45) is 0 Å². The molecule has 0 saturated carbocycles. The van der Waals surface area contributed by atoms with Crippen LogP contribution in [0.2, 0.25) is 0 Å². The summed E-state index contributed by atoms with van der Waals surface area (Å²) in [4.78, 5) is 12.6. The molecule has 0 bridgehead atoms. The van der Waals surface area contributed by atoms with Crippen LogP contribution in [0.3, 0.4) is 0 Å². The van der Waals surface area contributed by atoms with Crippen LogP contribution in [-0.2, 0) is 11.2 Å². The van der Waals surface area contributed by atoms with Crippen LogP contribution in [-0.4, -0.2) is 31.2 Å². The van der Waals surface area contributed by atoms with Gasteiger partial charge in [0.1, 0.15) is 0 Å². The Morgan fingerprint density at radius 3 is 2.32 bits per heavy atom. The first-order valence-corrected chi connectivity index (χ1v) is 7.36. The third kappa shape index (κ3) is 4.32. The number of aryl methyl sites for hydroxylation is 1. The monoisotopic (exact) mass is 293 g/mol. The normalized spacial score (nSPS) is 10.2. The van der Waals surface area contributed by atoms with Crippen molar-refractivity contribution in [3.8, 4) is 0 Å². The second-order valence-electron chi connectivity index (χ2n) is 5.29. The third-order valence-electron chi connectivity index (χ3n) is 3.69. The molecule has 112 valence electrons. The van der Waals surface area contributed by atoms with E-state index in [9.17, 15) is 4.79 Å². The van der Waals surface area contributed by atoms with Crippen molar-refractivity contribution in [1.29, 1.82) is 0 Å². The van der Waals surface area contributed by atoms with E-state index in [-0.39, 0.29) is 6.42 Å². The molecule has 0 spiro atoms. The maximum atomic E-state index is 10.5. The van der Waals surface area contributed by atoms with E-state index in [1.54, 1.807) is 0 Å². The number of carboxylic acid groups (broad SMARTS) is 1. The van der Waals surface area contributed by atoms with Crippen LogP contribution in [0.4, 0.5) is 5.69 Å². The van der Waals surface area contributed by atoms with Crippen molar-refractivity contribution in [3.05, 3.63) is 65.7 Å². The molecule has 0 amide bonds. The molecule has 0 aliphatic heterocycles. The van der Waals surface area contributed by atoms with Gasteiger partial charge in [0, 0.05) is 0 Å². The molecule has 22 heavy (non-hydrogen) atoms. The maximum absolute atomic E-state index is 10.5. The van der Waals surface area contributed by atoms with E-state index < -0.39 is 5.97 Å². The Morgan fingerprint density at radius 1 is 1.09 bits per heavy atom. The van der Waals surface area contributed by atoms with Gasteiger partial charge in [0.05, 0.1) is 0 Å². The number of benzene rings is 2. The Balaban J connectivity index is 2.00. The second-order valence-corrected chi connectivity index (χ2v) is 5.29. The molecule has 0 fully saturated rings. The molecule has 0 heterocycles. The van der Waals surface area contributed by atoms with Gasteiger partial charge in [-0.25, -0.2) is 0 Å². The van der Waals surface area contributed by atoms with Crippen LogP contribution in [0.5, 0.6) is 0 Å². The summed E-state index contributed by atoms with van der Waals surface area (Å²) >= 11 is 0. The van der Waals surface area contributed by atoms with Crippen molar-refractivity contribution in [2.75, 3.05) is 11.9 Å². The van der Waals surface area contributed by atoms with Gasteiger partial charge >= 0.3 is 132 Å². The van der Waals surface area contributed by atoms with E-state index in [4.69, 9.17) is 5.11 Å². The summed E-state index contributed by atoms with van der Waals surface area (Å²) in [5.41, 5.74) is 4.26. The molecule has 3 nitrogen and oxygen atoms in total. The summed E-state index contributed by atoms with van der Waals surface area (Å²) in [5.74, 6) is -0.740. The number of hydrogen-bond donors (Lipinski definition) is 1. The van der Waals surface area contributed by atoms with Crippen LogP contribution in [0.25, 0.3) is 0 Å². The topological polar surface area (TPSA) is 40.5 Å². The minimum absolute atomic E-state index is 0.215. The molecule has 0 aliphatic carbocycles. The van der Waals surface area contributed by atoms with Crippen LogP contribution in [0.15, 0.2) is 54.6 Å². The Labute approximate surface area is 132 Å². The fourth-order valence-corrected chi connectivity index (χ4v) is 2.31. The zero-order valence-corrected chi connectivity index (χ0v) is 12.8. The van der Waals surface area contributed by atoms with Gasteiger partial charge in [0.15, 0.2) is 0 Å². The predicted octanol–water partition coefficient (Wildman–Crippen LogP) is 2.61. The van der Waals surface area contributed by atoms with Crippen LogP contribution < -0.4 is 4.90 Å². The summed E-state index contributed by atoms with van der Waals surface area (Å²) in [5, 5.41) is 8.66. The molecule has 0 unspecified atom stereocenters. The van der Waals surface area contributed by atoms with Gasteiger partial charge in [-0.05, 0) is 0 Å². The van der Waals surface area contributed by atoms with Gasteiger partial charge < -0.3 is 0 Å². The predicted molar refractivity (Wildman–Crippen MR) is 93.1 cm³/mol. The Bertz CT molecular complexity index is 638. The summed E-state index contributed by atoms with van der Waals surface area (Å²) in [6.07, 6.45) is 1.67. The first-order chi connectivity index (χ1) is 10.6. The summed E-state index contributed by atoms with van der Waals surface area (Å²) in [6, 6.07) is 18.3. The minimum atomic E-state index is -0.740. The van der Waals surface area contributed by atoms with E-state index in [1.807, 2.05) is 61.6 Å². The van der Waals surface area contributed by atoms with Gasteiger partial charge in [0.2, 0.25) is 0 Å². The summed E-state index contributed by atoms with van der Waals surface area (Å²) in [6.45, 7) is 0. The van der Waals surface area contributed by atoms with Gasteiger partial charge in [-0.15, -0.1) is 0 Å². The first-order valence-electron chi connectivity index (χ1n) is 7.36. The molecule has 0 aromatic heterocycles. The Morgan fingerprint density at radius 2 is 1.73 bits per heavy atom. The molecule has 0 radical (unpaired) electrons. The number of aliphatic carboxylic acids is 1. The number of rotatable bonds is 7. The molecule has 2 aromatic rings. The number of anilines is 1. The van der Waals surface area contributed by atoms with Crippen molar-refractivity contribution in [1.82, 2.24) is 0 Å². The van der Waals surface area contributed by atoms with Crippen LogP contribution >= 0.6 is 0 Å². The molecule has 2 rings (SSSR count). The van der Waals surface area contributed by atoms with Gasteiger partial charge in [-0.1, -0.05) is 0 Å². The molecule has 0 atom stereocenters. The fourth-order valence-electron chi connectivity index (χ4n) is 2.31. The SMILES string of the molecule is B=C(c1ccccc1)N(C)c1ccc(CCCC(=O)O)cc1. The van der Waals surface area contributed by atoms with Crippen molar-refractivity contribution in [3.63, 3.8) is 0 Å². The van der Waals surface area contributed by atoms with Gasteiger partial charge in [-0.2, -0.15) is 0 Å². The van der Waals surface area contributed by atoms with Crippen molar-refractivity contribution in [2.45, 2.75) is 19.3 Å². The number of carbonyl (C=O) groups is 1.